The quantitative estimate of drug-likeness (QED) is 0.846. The van der Waals surface area contributed by atoms with Crippen molar-refractivity contribution in [3.05, 3.63) is 23.4 Å². The van der Waals surface area contributed by atoms with E-state index >= 15 is 0 Å². The topological polar surface area (TPSA) is 37.2 Å². The Morgan fingerprint density at radius 3 is 2.95 bits per heavy atom. The Morgan fingerprint density at radius 2 is 2.21 bits per heavy atom. The minimum absolute atomic E-state index is 0.449. The van der Waals surface area contributed by atoms with Gasteiger partial charge in [-0.2, -0.15) is 0 Å². The molecule has 0 atom stereocenters. The summed E-state index contributed by atoms with van der Waals surface area (Å²) in [5, 5.41) is 16.2. The SMILES string of the molecule is CCSc1cc(CC)cc2c3n(c(O)c12)CCNC3. The first-order valence-corrected chi connectivity index (χ1v) is 7.95. The van der Waals surface area contributed by atoms with E-state index in [-0.39, 0.29) is 0 Å². The molecule has 1 aliphatic heterocycles. The first kappa shape index (κ1) is 12.9. The molecule has 1 aliphatic rings. The average Bonchev–Trinajstić information content (AvgIpc) is 2.73. The number of aromatic hydroxyl groups is 1. The summed E-state index contributed by atoms with van der Waals surface area (Å²) in [6.07, 6.45) is 1.03. The van der Waals surface area contributed by atoms with Crippen LogP contribution in [0.2, 0.25) is 0 Å². The molecule has 0 radical (unpaired) electrons. The first-order chi connectivity index (χ1) is 9.26. The zero-order valence-electron chi connectivity index (χ0n) is 11.5. The molecule has 19 heavy (non-hydrogen) atoms. The van der Waals surface area contributed by atoms with Crippen LogP contribution in [0, 0.1) is 0 Å². The second-order valence-corrected chi connectivity index (χ2v) is 6.21. The number of hydrogen-bond donors (Lipinski definition) is 2. The normalized spacial score (nSPS) is 14.8. The second kappa shape index (κ2) is 5.10. The number of nitrogens with zero attached hydrogens (tertiary/aromatic N) is 1. The maximum Gasteiger partial charge on any atom is 0.200 e. The van der Waals surface area contributed by atoms with Gasteiger partial charge in [0, 0.05) is 35.6 Å². The van der Waals surface area contributed by atoms with E-state index in [1.807, 2.05) is 11.8 Å². The number of aromatic nitrogens is 1. The lowest BCUT2D eigenvalue weighted by Gasteiger charge is -2.17. The monoisotopic (exact) mass is 276 g/mol. The second-order valence-electron chi connectivity index (χ2n) is 4.90. The van der Waals surface area contributed by atoms with Crippen molar-refractivity contribution in [2.24, 2.45) is 0 Å². The first-order valence-electron chi connectivity index (χ1n) is 6.96. The zero-order chi connectivity index (χ0) is 13.4. The van der Waals surface area contributed by atoms with E-state index in [0.717, 1.165) is 37.2 Å². The van der Waals surface area contributed by atoms with Gasteiger partial charge in [-0.1, -0.05) is 13.8 Å². The van der Waals surface area contributed by atoms with Crippen molar-refractivity contribution in [1.29, 1.82) is 0 Å². The molecule has 0 bridgehead atoms. The highest BCUT2D eigenvalue weighted by molar-refractivity contribution is 7.99. The summed E-state index contributed by atoms with van der Waals surface area (Å²) in [5.41, 5.74) is 2.58. The third-order valence-corrected chi connectivity index (χ3v) is 4.71. The van der Waals surface area contributed by atoms with Gasteiger partial charge in [0.15, 0.2) is 0 Å². The predicted octanol–water partition coefficient (Wildman–Crippen LogP) is 3.12. The molecule has 0 saturated heterocycles. The lowest BCUT2D eigenvalue weighted by atomic mass is 10.1. The molecule has 2 aromatic rings. The molecule has 4 heteroatoms. The fraction of sp³-hybridized carbons (Fsp3) is 0.467. The largest absolute Gasteiger partial charge is 0.494 e. The molecule has 2 heterocycles. The van der Waals surface area contributed by atoms with E-state index in [1.54, 1.807) is 0 Å². The maximum absolute atomic E-state index is 10.5. The summed E-state index contributed by atoms with van der Waals surface area (Å²) in [6.45, 7) is 6.97. The number of aryl methyl sites for hydroxylation is 1. The highest BCUT2D eigenvalue weighted by Gasteiger charge is 2.21. The Balaban J connectivity index is 2.31. The molecular weight excluding hydrogens is 256 g/mol. The van der Waals surface area contributed by atoms with Gasteiger partial charge in [-0.15, -0.1) is 11.8 Å². The molecule has 0 amide bonds. The minimum atomic E-state index is 0.449. The third kappa shape index (κ3) is 2.03. The molecule has 3 nitrogen and oxygen atoms in total. The number of nitrogens with one attached hydrogen (secondary N) is 1. The van der Waals surface area contributed by atoms with Crippen LogP contribution in [0.25, 0.3) is 10.8 Å². The van der Waals surface area contributed by atoms with E-state index in [4.69, 9.17) is 0 Å². The fourth-order valence-electron chi connectivity index (χ4n) is 2.84. The number of fused-ring (bicyclic) bond motifs is 3. The van der Waals surface area contributed by atoms with Crippen LogP contribution in [0.5, 0.6) is 5.88 Å². The summed E-state index contributed by atoms with van der Waals surface area (Å²) >= 11 is 1.82. The molecule has 1 aromatic heterocycles. The van der Waals surface area contributed by atoms with Gasteiger partial charge in [-0.25, -0.2) is 0 Å². The predicted molar refractivity (Wildman–Crippen MR) is 81.1 cm³/mol. The maximum atomic E-state index is 10.5. The van der Waals surface area contributed by atoms with Crippen molar-refractivity contribution in [3.8, 4) is 5.88 Å². The Labute approximate surface area is 118 Å². The van der Waals surface area contributed by atoms with Crippen LogP contribution in [0.4, 0.5) is 0 Å². The molecule has 0 unspecified atom stereocenters. The van der Waals surface area contributed by atoms with E-state index in [9.17, 15) is 5.11 Å². The summed E-state index contributed by atoms with van der Waals surface area (Å²) < 4.78 is 2.07. The number of rotatable bonds is 3. The highest BCUT2D eigenvalue weighted by Crippen LogP contribution is 2.40. The Bertz CT molecular complexity index is 618. The van der Waals surface area contributed by atoms with Gasteiger partial charge in [-0.3, -0.25) is 0 Å². The van der Waals surface area contributed by atoms with Crippen LogP contribution < -0.4 is 5.32 Å². The minimum Gasteiger partial charge on any atom is -0.494 e. The van der Waals surface area contributed by atoms with Crippen molar-refractivity contribution in [2.75, 3.05) is 12.3 Å². The third-order valence-electron chi connectivity index (χ3n) is 3.79. The van der Waals surface area contributed by atoms with Crippen LogP contribution >= 0.6 is 11.8 Å². The molecule has 102 valence electrons. The standard InChI is InChI=1S/C15H20N2OS/c1-3-10-7-11-12-9-16-5-6-17(12)15(18)14(11)13(8-10)19-4-2/h7-8,16,18H,3-6,9H2,1-2H3. The van der Waals surface area contributed by atoms with Gasteiger partial charge in [0.25, 0.3) is 0 Å². The molecule has 3 rings (SSSR count). The van der Waals surface area contributed by atoms with Crippen molar-refractivity contribution in [2.45, 2.75) is 38.3 Å². The smallest absolute Gasteiger partial charge is 0.200 e. The Hall–Kier alpha value is -1.13. The number of thioether (sulfide) groups is 1. The Morgan fingerprint density at radius 1 is 1.37 bits per heavy atom. The van der Waals surface area contributed by atoms with Gasteiger partial charge < -0.3 is 15.0 Å². The summed E-state index contributed by atoms with van der Waals surface area (Å²) in [7, 11) is 0. The number of benzene rings is 1. The van der Waals surface area contributed by atoms with Gasteiger partial charge in [0.2, 0.25) is 5.88 Å². The number of hydrogen-bond acceptors (Lipinski definition) is 3. The van der Waals surface area contributed by atoms with Gasteiger partial charge in [0.05, 0.1) is 5.39 Å². The molecule has 2 N–H and O–H groups in total. The average molecular weight is 276 g/mol. The molecule has 0 aliphatic carbocycles. The van der Waals surface area contributed by atoms with Crippen LogP contribution in [0.3, 0.4) is 0 Å². The van der Waals surface area contributed by atoms with Crippen molar-refractivity contribution in [1.82, 2.24) is 9.88 Å². The van der Waals surface area contributed by atoms with Crippen LogP contribution in [-0.2, 0) is 19.5 Å². The van der Waals surface area contributed by atoms with Crippen molar-refractivity contribution < 1.29 is 5.11 Å². The molecule has 0 spiro atoms. The van der Waals surface area contributed by atoms with Crippen molar-refractivity contribution in [3.63, 3.8) is 0 Å². The lowest BCUT2D eigenvalue weighted by molar-refractivity contribution is 0.396. The van der Waals surface area contributed by atoms with Crippen LogP contribution in [0.1, 0.15) is 25.1 Å². The van der Waals surface area contributed by atoms with Gasteiger partial charge >= 0.3 is 0 Å². The van der Waals surface area contributed by atoms with Gasteiger partial charge in [-0.05, 0) is 29.9 Å². The summed E-state index contributed by atoms with van der Waals surface area (Å²) in [5.74, 6) is 1.48. The summed E-state index contributed by atoms with van der Waals surface area (Å²) in [4.78, 5) is 1.22. The van der Waals surface area contributed by atoms with E-state index in [0.29, 0.717) is 5.88 Å². The lowest BCUT2D eigenvalue weighted by Crippen LogP contribution is -2.27. The summed E-state index contributed by atoms with van der Waals surface area (Å²) in [6, 6.07) is 4.48. The Kier molecular flexibility index (Phi) is 3.46. The van der Waals surface area contributed by atoms with E-state index in [1.165, 1.54) is 21.5 Å². The fourth-order valence-corrected chi connectivity index (χ4v) is 3.73. The van der Waals surface area contributed by atoms with Crippen LogP contribution in [0.15, 0.2) is 17.0 Å². The van der Waals surface area contributed by atoms with E-state index in [2.05, 4.69) is 35.9 Å². The van der Waals surface area contributed by atoms with Crippen LogP contribution in [-0.4, -0.2) is 22.0 Å². The van der Waals surface area contributed by atoms with Crippen molar-refractivity contribution >= 4 is 22.5 Å². The molecule has 0 fully saturated rings. The molecule has 0 saturated carbocycles. The highest BCUT2D eigenvalue weighted by atomic mass is 32.2. The molecule has 1 aromatic carbocycles. The zero-order valence-corrected chi connectivity index (χ0v) is 12.3. The van der Waals surface area contributed by atoms with E-state index < -0.39 is 0 Å². The van der Waals surface area contributed by atoms with Gasteiger partial charge in [0.1, 0.15) is 0 Å². The molecular formula is C15H20N2OS.